The number of carbonyl (C=O) groups excluding carboxylic acids is 3. The zero-order valence-electron chi connectivity index (χ0n) is 18.3. The number of methoxy groups -OCH3 is 1. The molecule has 2 saturated heterocycles. The lowest BCUT2D eigenvalue weighted by molar-refractivity contribution is -0.139. The number of rotatable bonds is 6. The van der Waals surface area contributed by atoms with Gasteiger partial charge in [-0.2, -0.15) is 9.99 Å². The number of aromatic nitrogens is 2. The summed E-state index contributed by atoms with van der Waals surface area (Å²) in [6.07, 6.45) is 1.77. The summed E-state index contributed by atoms with van der Waals surface area (Å²) < 4.78 is 10.5. The summed E-state index contributed by atoms with van der Waals surface area (Å²) in [7, 11) is 1.52. The van der Waals surface area contributed by atoms with E-state index in [-0.39, 0.29) is 12.5 Å². The van der Waals surface area contributed by atoms with Crippen LogP contribution in [0.25, 0.3) is 0 Å². The number of imide groups is 1. The normalized spacial score (nSPS) is 23.8. The maximum atomic E-state index is 13.1. The predicted molar refractivity (Wildman–Crippen MR) is 111 cm³/mol. The van der Waals surface area contributed by atoms with Crippen LogP contribution in [0.1, 0.15) is 43.0 Å². The highest BCUT2D eigenvalue weighted by molar-refractivity contribution is 6.08. The smallest absolute Gasteiger partial charge is 0.344 e. The van der Waals surface area contributed by atoms with Crippen LogP contribution in [-0.4, -0.2) is 64.6 Å². The van der Waals surface area contributed by atoms with Gasteiger partial charge in [0.1, 0.15) is 11.3 Å². The van der Waals surface area contributed by atoms with Crippen LogP contribution in [-0.2, 0) is 15.1 Å². The highest BCUT2D eigenvalue weighted by atomic mass is 16.5. The van der Waals surface area contributed by atoms with Gasteiger partial charge in [-0.25, -0.2) is 4.79 Å². The molecule has 2 aliphatic rings. The molecule has 1 aromatic carbocycles. The van der Waals surface area contributed by atoms with Gasteiger partial charge < -0.3 is 14.6 Å². The highest BCUT2D eigenvalue weighted by Gasteiger charge is 2.50. The summed E-state index contributed by atoms with van der Waals surface area (Å²) >= 11 is 0. The second-order valence-corrected chi connectivity index (χ2v) is 8.22. The predicted octanol–water partition coefficient (Wildman–Crippen LogP) is 1.06. The van der Waals surface area contributed by atoms with Gasteiger partial charge in [0.2, 0.25) is 5.89 Å². The monoisotopic (exact) mass is 442 g/mol. The second-order valence-electron chi connectivity index (χ2n) is 8.22. The Labute approximate surface area is 185 Å². The molecule has 0 spiro atoms. The molecule has 2 aliphatic heterocycles. The second kappa shape index (κ2) is 8.58. The van der Waals surface area contributed by atoms with E-state index in [1.165, 1.54) is 7.11 Å². The number of hydrogen-bond acceptors (Lipinski definition) is 8. The number of nitrogens with one attached hydrogen (secondary N) is 2. The molecule has 4 rings (SSSR count). The van der Waals surface area contributed by atoms with Crippen molar-refractivity contribution < 1.29 is 23.6 Å². The number of urea groups is 1. The number of benzene rings is 1. The van der Waals surface area contributed by atoms with Crippen LogP contribution in [0.3, 0.4) is 0 Å². The van der Waals surface area contributed by atoms with Gasteiger partial charge in [0.05, 0.1) is 19.6 Å². The molecule has 4 amide bonds. The van der Waals surface area contributed by atoms with Crippen molar-refractivity contribution in [3.05, 3.63) is 41.5 Å². The van der Waals surface area contributed by atoms with E-state index in [2.05, 4.69) is 20.9 Å². The first-order valence-corrected chi connectivity index (χ1v) is 10.4. The Balaban J connectivity index is 1.39. The summed E-state index contributed by atoms with van der Waals surface area (Å²) in [6, 6.07) is 6.19. The maximum absolute atomic E-state index is 13.1. The van der Waals surface area contributed by atoms with E-state index in [1.54, 1.807) is 38.1 Å². The molecule has 2 aromatic rings. The number of carbonyl (C=O) groups is 3. The number of piperidine rings is 1. The zero-order valence-corrected chi connectivity index (χ0v) is 18.3. The van der Waals surface area contributed by atoms with Crippen molar-refractivity contribution >= 4 is 17.8 Å². The first kappa shape index (κ1) is 21.8. The van der Waals surface area contributed by atoms with Gasteiger partial charge in [-0.05, 0) is 50.9 Å². The lowest BCUT2D eigenvalue weighted by atomic mass is 9.92. The SMILES string of the molecule is COc1cccc(C2(C)NC(=O)N(NC(=O)CN3CCCC(c4nc(C)no4)C3)C2=O)c1. The molecular formula is C21H26N6O5. The van der Waals surface area contributed by atoms with Crippen LogP contribution in [0.4, 0.5) is 4.79 Å². The minimum absolute atomic E-state index is 0.0382. The van der Waals surface area contributed by atoms with Crippen molar-refractivity contribution in [2.45, 2.75) is 38.1 Å². The Bertz CT molecular complexity index is 1040. The standard InChI is InChI=1S/C21H26N6O5/c1-13-22-18(32-25-13)14-6-5-9-26(11-14)12-17(28)24-27-19(29)21(2,23-20(27)30)15-7-4-8-16(10-15)31-3/h4,7-8,10,14H,5-6,9,11-12H2,1-3H3,(H,23,30)(H,24,28). The number of likely N-dealkylation sites (tertiary alicyclic amines) is 1. The van der Waals surface area contributed by atoms with E-state index in [1.807, 2.05) is 4.90 Å². The van der Waals surface area contributed by atoms with E-state index in [4.69, 9.17) is 9.26 Å². The summed E-state index contributed by atoms with van der Waals surface area (Å²) in [5, 5.41) is 7.24. The van der Waals surface area contributed by atoms with E-state index in [0.29, 0.717) is 29.6 Å². The molecule has 2 N–H and O–H groups in total. The Morgan fingerprint density at radius 2 is 2.22 bits per heavy atom. The van der Waals surface area contributed by atoms with Crippen LogP contribution >= 0.6 is 0 Å². The molecule has 0 bridgehead atoms. The van der Waals surface area contributed by atoms with Gasteiger partial charge in [0.15, 0.2) is 5.82 Å². The third kappa shape index (κ3) is 4.15. The van der Waals surface area contributed by atoms with Gasteiger partial charge in [0, 0.05) is 6.54 Å². The van der Waals surface area contributed by atoms with E-state index < -0.39 is 23.4 Å². The van der Waals surface area contributed by atoms with Crippen molar-refractivity contribution in [2.75, 3.05) is 26.7 Å². The van der Waals surface area contributed by atoms with Gasteiger partial charge in [-0.3, -0.25) is 19.9 Å². The average molecular weight is 442 g/mol. The Kier molecular flexibility index (Phi) is 5.83. The fourth-order valence-corrected chi connectivity index (χ4v) is 4.11. The van der Waals surface area contributed by atoms with Gasteiger partial charge >= 0.3 is 6.03 Å². The van der Waals surface area contributed by atoms with Gasteiger partial charge in [-0.15, -0.1) is 0 Å². The molecule has 2 fully saturated rings. The summed E-state index contributed by atoms with van der Waals surface area (Å²) in [6.45, 7) is 4.69. The molecule has 2 atom stereocenters. The minimum Gasteiger partial charge on any atom is -0.497 e. The van der Waals surface area contributed by atoms with Crippen molar-refractivity contribution in [2.24, 2.45) is 0 Å². The third-order valence-electron chi connectivity index (χ3n) is 5.84. The van der Waals surface area contributed by atoms with Crippen molar-refractivity contribution in [1.29, 1.82) is 0 Å². The first-order chi connectivity index (χ1) is 15.3. The molecule has 11 nitrogen and oxygen atoms in total. The Morgan fingerprint density at radius 3 is 2.94 bits per heavy atom. The molecule has 0 aliphatic carbocycles. The summed E-state index contributed by atoms with van der Waals surface area (Å²) in [4.78, 5) is 44.4. The highest BCUT2D eigenvalue weighted by Crippen LogP contribution is 2.30. The number of hydrazine groups is 1. The molecular weight excluding hydrogens is 416 g/mol. The van der Waals surface area contributed by atoms with Crippen molar-refractivity contribution in [3.8, 4) is 5.75 Å². The van der Waals surface area contributed by atoms with Gasteiger partial charge in [-0.1, -0.05) is 17.3 Å². The largest absolute Gasteiger partial charge is 0.497 e. The number of hydrogen-bond donors (Lipinski definition) is 2. The Morgan fingerprint density at radius 1 is 1.41 bits per heavy atom. The van der Waals surface area contributed by atoms with Crippen molar-refractivity contribution in [3.63, 3.8) is 0 Å². The lowest BCUT2D eigenvalue weighted by Gasteiger charge is -2.30. The maximum Gasteiger partial charge on any atom is 0.344 e. The Hall–Kier alpha value is -3.47. The fourth-order valence-electron chi connectivity index (χ4n) is 4.11. The van der Waals surface area contributed by atoms with E-state index >= 15 is 0 Å². The van der Waals surface area contributed by atoms with Crippen LogP contribution in [0.2, 0.25) is 0 Å². The first-order valence-electron chi connectivity index (χ1n) is 10.4. The number of amides is 4. The average Bonchev–Trinajstić information content (AvgIpc) is 3.31. The van der Waals surface area contributed by atoms with Crippen LogP contribution in [0.15, 0.2) is 28.8 Å². The summed E-state index contributed by atoms with van der Waals surface area (Å²) in [5.41, 5.74) is 1.69. The van der Waals surface area contributed by atoms with Crippen molar-refractivity contribution in [1.82, 2.24) is 30.8 Å². The minimum atomic E-state index is -1.31. The molecule has 0 saturated carbocycles. The molecule has 1 aromatic heterocycles. The van der Waals surface area contributed by atoms with E-state index in [9.17, 15) is 14.4 Å². The fraction of sp³-hybridized carbons (Fsp3) is 0.476. The molecule has 11 heteroatoms. The van der Waals surface area contributed by atoms with Crippen LogP contribution in [0, 0.1) is 6.92 Å². The lowest BCUT2D eigenvalue weighted by Crippen LogP contribution is -2.51. The summed E-state index contributed by atoms with van der Waals surface area (Å²) in [5.74, 6) is 0.728. The molecule has 2 unspecified atom stereocenters. The molecule has 0 radical (unpaired) electrons. The third-order valence-corrected chi connectivity index (χ3v) is 5.84. The molecule has 170 valence electrons. The quantitative estimate of drug-likeness (QED) is 0.636. The van der Waals surface area contributed by atoms with Crippen LogP contribution in [0.5, 0.6) is 5.75 Å². The number of ether oxygens (including phenoxy) is 1. The van der Waals surface area contributed by atoms with Gasteiger partial charge in [0.25, 0.3) is 11.8 Å². The number of nitrogens with zero attached hydrogens (tertiary/aromatic N) is 4. The topological polar surface area (TPSA) is 130 Å². The van der Waals surface area contributed by atoms with E-state index in [0.717, 1.165) is 24.4 Å². The van der Waals surface area contributed by atoms with Crippen LogP contribution < -0.4 is 15.5 Å². The molecule has 32 heavy (non-hydrogen) atoms. The molecule has 3 heterocycles. The number of aryl methyl sites for hydroxylation is 1. The zero-order chi connectivity index (χ0) is 22.9.